The highest BCUT2D eigenvalue weighted by Crippen LogP contribution is 2.19. The summed E-state index contributed by atoms with van der Waals surface area (Å²) in [6, 6.07) is 8.06. The first-order valence-electron chi connectivity index (χ1n) is 8.77. The maximum absolute atomic E-state index is 12.4. The predicted molar refractivity (Wildman–Crippen MR) is 97.5 cm³/mol. The van der Waals surface area contributed by atoms with Gasteiger partial charge in [0, 0.05) is 43.8 Å². The quantitative estimate of drug-likeness (QED) is 0.834. The van der Waals surface area contributed by atoms with Crippen LogP contribution in [0.25, 0.3) is 0 Å². The van der Waals surface area contributed by atoms with Gasteiger partial charge in [-0.25, -0.2) is 0 Å². The molecule has 0 atom stereocenters. The predicted octanol–water partition coefficient (Wildman–Crippen LogP) is 2.28. The maximum Gasteiger partial charge on any atom is 0.279 e. The minimum absolute atomic E-state index is 0.135. The summed E-state index contributed by atoms with van der Waals surface area (Å²) in [4.78, 5) is 2.32. The average Bonchev–Trinajstić information content (AvgIpc) is 3.06. The first-order chi connectivity index (χ1) is 11.5. The van der Waals surface area contributed by atoms with Crippen molar-refractivity contribution < 1.29 is 8.42 Å². The molecule has 2 fully saturated rings. The van der Waals surface area contributed by atoms with Crippen molar-refractivity contribution in [2.45, 2.75) is 38.1 Å². The molecule has 1 aromatic rings. The molecule has 1 aliphatic heterocycles. The van der Waals surface area contributed by atoms with E-state index in [2.05, 4.69) is 15.7 Å². The third kappa shape index (κ3) is 4.92. The molecule has 1 saturated heterocycles. The van der Waals surface area contributed by atoms with E-state index in [1.165, 1.54) is 5.56 Å². The van der Waals surface area contributed by atoms with E-state index in [0.29, 0.717) is 13.1 Å². The standard InChI is InChI=1S/C17H26ClN3O2S/c18-16-5-3-4-15(14-16)8-9-20-10-12-21(13-11-20)24(22,23)19-17-6-1-2-7-17/h3-5,14,17,19H,1-2,6-13H2. The first-order valence-corrected chi connectivity index (χ1v) is 10.6. The third-order valence-corrected chi connectivity index (χ3v) is 6.86. The highest BCUT2D eigenvalue weighted by Gasteiger charge is 2.29. The van der Waals surface area contributed by atoms with E-state index < -0.39 is 10.2 Å². The lowest BCUT2D eigenvalue weighted by atomic mass is 10.1. The molecule has 3 rings (SSSR count). The summed E-state index contributed by atoms with van der Waals surface area (Å²) in [5.74, 6) is 0. The van der Waals surface area contributed by atoms with E-state index in [1.54, 1.807) is 4.31 Å². The van der Waals surface area contributed by atoms with Crippen molar-refractivity contribution in [3.8, 4) is 0 Å². The van der Waals surface area contributed by atoms with Gasteiger partial charge in [0.1, 0.15) is 0 Å². The van der Waals surface area contributed by atoms with E-state index in [4.69, 9.17) is 11.6 Å². The Hall–Kier alpha value is -0.660. The van der Waals surface area contributed by atoms with Gasteiger partial charge in [-0.3, -0.25) is 0 Å². The van der Waals surface area contributed by atoms with Gasteiger partial charge in [-0.05, 0) is 37.0 Å². The number of nitrogens with zero attached hydrogens (tertiary/aromatic N) is 2. The smallest absolute Gasteiger partial charge is 0.279 e. The normalized spacial score (nSPS) is 21.4. The highest BCUT2D eigenvalue weighted by molar-refractivity contribution is 7.87. The Kier molecular flexibility index (Phi) is 6.16. The number of hydrogen-bond acceptors (Lipinski definition) is 3. The van der Waals surface area contributed by atoms with Crippen LogP contribution in [0, 0.1) is 0 Å². The van der Waals surface area contributed by atoms with Crippen molar-refractivity contribution in [2.24, 2.45) is 0 Å². The maximum atomic E-state index is 12.4. The Morgan fingerprint density at radius 1 is 1.12 bits per heavy atom. The van der Waals surface area contributed by atoms with Crippen LogP contribution >= 0.6 is 11.6 Å². The van der Waals surface area contributed by atoms with E-state index >= 15 is 0 Å². The van der Waals surface area contributed by atoms with Crippen LogP contribution in [0.4, 0.5) is 0 Å². The van der Waals surface area contributed by atoms with Crippen LogP contribution in [0.5, 0.6) is 0 Å². The molecule has 2 aliphatic rings. The Bertz CT molecular complexity index is 639. The lowest BCUT2D eigenvalue weighted by Crippen LogP contribution is -2.53. The molecule has 1 N–H and O–H groups in total. The number of nitrogens with one attached hydrogen (secondary N) is 1. The summed E-state index contributed by atoms with van der Waals surface area (Å²) in [6.45, 7) is 3.64. The average molecular weight is 372 g/mol. The molecule has 0 aromatic heterocycles. The van der Waals surface area contributed by atoms with Crippen LogP contribution in [0.3, 0.4) is 0 Å². The van der Waals surface area contributed by atoms with E-state index in [1.807, 2.05) is 18.2 Å². The molecule has 1 saturated carbocycles. The van der Waals surface area contributed by atoms with Crippen molar-refractivity contribution >= 4 is 21.8 Å². The molecule has 0 spiro atoms. The molecule has 5 nitrogen and oxygen atoms in total. The Morgan fingerprint density at radius 3 is 2.50 bits per heavy atom. The van der Waals surface area contributed by atoms with E-state index in [9.17, 15) is 8.42 Å². The van der Waals surface area contributed by atoms with Gasteiger partial charge in [0.05, 0.1) is 0 Å². The number of benzene rings is 1. The van der Waals surface area contributed by atoms with Crippen molar-refractivity contribution in [3.05, 3.63) is 34.9 Å². The molecule has 1 aliphatic carbocycles. The van der Waals surface area contributed by atoms with E-state index in [-0.39, 0.29) is 6.04 Å². The van der Waals surface area contributed by atoms with Gasteiger partial charge in [0.25, 0.3) is 10.2 Å². The van der Waals surface area contributed by atoms with Crippen molar-refractivity contribution in [1.29, 1.82) is 0 Å². The van der Waals surface area contributed by atoms with Crippen LogP contribution in [0.1, 0.15) is 31.2 Å². The molecular formula is C17H26ClN3O2S. The second kappa shape index (κ2) is 8.15. The van der Waals surface area contributed by atoms with Crippen molar-refractivity contribution in [2.75, 3.05) is 32.7 Å². The number of rotatable bonds is 6. The summed E-state index contributed by atoms with van der Waals surface area (Å²) in [7, 11) is -3.32. The monoisotopic (exact) mass is 371 g/mol. The van der Waals surface area contributed by atoms with Gasteiger partial charge in [-0.15, -0.1) is 0 Å². The van der Waals surface area contributed by atoms with Crippen LogP contribution in [-0.4, -0.2) is 56.4 Å². The van der Waals surface area contributed by atoms with Crippen LogP contribution in [-0.2, 0) is 16.6 Å². The Labute approximate surface area is 150 Å². The summed E-state index contributed by atoms with van der Waals surface area (Å²) >= 11 is 6.01. The molecule has 1 aromatic carbocycles. The van der Waals surface area contributed by atoms with Gasteiger partial charge in [0.15, 0.2) is 0 Å². The summed E-state index contributed by atoms with van der Waals surface area (Å²) in [5.41, 5.74) is 1.22. The van der Waals surface area contributed by atoms with Gasteiger partial charge in [-0.2, -0.15) is 17.4 Å². The van der Waals surface area contributed by atoms with Gasteiger partial charge in [0.2, 0.25) is 0 Å². The molecule has 0 amide bonds. The van der Waals surface area contributed by atoms with Crippen molar-refractivity contribution in [3.63, 3.8) is 0 Å². The second-order valence-electron chi connectivity index (χ2n) is 6.72. The van der Waals surface area contributed by atoms with Gasteiger partial charge < -0.3 is 4.90 Å². The number of piperazine rings is 1. The molecule has 134 valence electrons. The summed E-state index contributed by atoms with van der Waals surface area (Å²) in [5, 5.41) is 0.765. The van der Waals surface area contributed by atoms with Gasteiger partial charge in [-0.1, -0.05) is 36.6 Å². The number of hydrogen-bond donors (Lipinski definition) is 1. The van der Waals surface area contributed by atoms with Crippen LogP contribution in [0.2, 0.25) is 5.02 Å². The molecule has 1 heterocycles. The minimum atomic E-state index is -3.32. The van der Waals surface area contributed by atoms with Gasteiger partial charge >= 0.3 is 0 Å². The lowest BCUT2D eigenvalue weighted by Gasteiger charge is -2.34. The highest BCUT2D eigenvalue weighted by atomic mass is 35.5. The summed E-state index contributed by atoms with van der Waals surface area (Å²) < 4.78 is 29.4. The largest absolute Gasteiger partial charge is 0.300 e. The third-order valence-electron chi connectivity index (χ3n) is 4.95. The molecule has 24 heavy (non-hydrogen) atoms. The Morgan fingerprint density at radius 2 is 1.83 bits per heavy atom. The minimum Gasteiger partial charge on any atom is -0.300 e. The Balaban J connectivity index is 1.45. The molecule has 0 unspecified atom stereocenters. The SMILES string of the molecule is O=S(=O)(NC1CCCC1)N1CCN(CCc2cccc(Cl)c2)CC1. The zero-order valence-corrected chi connectivity index (χ0v) is 15.5. The zero-order chi connectivity index (χ0) is 17.0. The fraction of sp³-hybridized carbons (Fsp3) is 0.647. The first kappa shape index (κ1) is 18.1. The zero-order valence-electron chi connectivity index (χ0n) is 14.0. The molecule has 0 bridgehead atoms. The number of halogens is 1. The van der Waals surface area contributed by atoms with Crippen LogP contribution < -0.4 is 4.72 Å². The second-order valence-corrected chi connectivity index (χ2v) is 8.86. The van der Waals surface area contributed by atoms with Crippen LogP contribution in [0.15, 0.2) is 24.3 Å². The summed E-state index contributed by atoms with van der Waals surface area (Å²) in [6.07, 6.45) is 5.14. The van der Waals surface area contributed by atoms with Crippen molar-refractivity contribution in [1.82, 2.24) is 13.9 Å². The fourth-order valence-electron chi connectivity index (χ4n) is 3.50. The molecule has 0 radical (unpaired) electrons. The molecular weight excluding hydrogens is 346 g/mol. The fourth-order valence-corrected chi connectivity index (χ4v) is 5.16. The van der Waals surface area contributed by atoms with E-state index in [0.717, 1.165) is 56.8 Å². The lowest BCUT2D eigenvalue weighted by molar-refractivity contribution is 0.188. The topological polar surface area (TPSA) is 52.7 Å². The molecule has 7 heteroatoms.